The lowest BCUT2D eigenvalue weighted by atomic mass is 9.92. The Morgan fingerprint density at radius 2 is 1.63 bits per heavy atom. The number of carbonyl (C=O) groups excluding carboxylic acids is 2. The fourth-order valence-electron chi connectivity index (χ4n) is 3.92. The lowest BCUT2D eigenvalue weighted by Crippen LogP contribution is -2.45. The van der Waals surface area contributed by atoms with Crippen LogP contribution in [-0.4, -0.2) is 61.1 Å². The highest BCUT2D eigenvalue weighted by molar-refractivity contribution is 5.76. The maximum atomic E-state index is 12.5. The third-order valence-corrected chi connectivity index (χ3v) is 5.80. The molecule has 0 unspecified atom stereocenters. The molecule has 2 amide bonds. The summed E-state index contributed by atoms with van der Waals surface area (Å²) in [6.07, 6.45) is 4.18. The molecule has 0 aromatic heterocycles. The van der Waals surface area contributed by atoms with Crippen molar-refractivity contribution in [3.63, 3.8) is 0 Å². The topological polar surface area (TPSA) is 61.9 Å². The normalized spacial score (nSPS) is 19.1. The Hall–Kier alpha value is -2.08. The predicted octanol–water partition coefficient (Wildman–Crippen LogP) is 2.64. The van der Waals surface area contributed by atoms with Gasteiger partial charge in [-0.15, -0.1) is 0 Å². The lowest BCUT2D eigenvalue weighted by molar-refractivity contribution is -0.133. The second-order valence-electron chi connectivity index (χ2n) is 7.62. The maximum absolute atomic E-state index is 12.5. The van der Waals surface area contributed by atoms with Gasteiger partial charge in [-0.1, -0.05) is 30.3 Å². The van der Waals surface area contributed by atoms with Gasteiger partial charge in [-0.2, -0.15) is 0 Å². The minimum absolute atomic E-state index is 0.252. The van der Waals surface area contributed by atoms with E-state index in [1.165, 1.54) is 0 Å². The number of carbonyl (C=O) groups is 2. The molecular formula is C21H31N3O3. The fraction of sp³-hybridized carbons (Fsp3) is 0.619. The first-order chi connectivity index (χ1) is 13.2. The van der Waals surface area contributed by atoms with Crippen LogP contribution in [0.2, 0.25) is 0 Å². The monoisotopic (exact) mass is 373 g/mol. The maximum Gasteiger partial charge on any atom is 0.410 e. The van der Waals surface area contributed by atoms with Gasteiger partial charge >= 0.3 is 6.09 Å². The van der Waals surface area contributed by atoms with E-state index in [4.69, 9.17) is 4.74 Å². The van der Waals surface area contributed by atoms with E-state index in [0.29, 0.717) is 38.1 Å². The Bertz CT molecular complexity index is 606. The smallest absolute Gasteiger partial charge is 0.410 e. The van der Waals surface area contributed by atoms with Gasteiger partial charge in [-0.05, 0) is 44.2 Å². The molecule has 1 N–H and O–H groups in total. The minimum atomic E-state index is -0.252. The summed E-state index contributed by atoms with van der Waals surface area (Å²) in [5.41, 5.74) is 0.994. The lowest BCUT2D eigenvalue weighted by Gasteiger charge is -2.35. The van der Waals surface area contributed by atoms with E-state index in [1.54, 1.807) is 4.90 Å². The fourth-order valence-corrected chi connectivity index (χ4v) is 3.92. The van der Waals surface area contributed by atoms with Crippen LogP contribution in [0, 0.1) is 5.92 Å². The third kappa shape index (κ3) is 5.70. The number of hydrogen-bond acceptors (Lipinski definition) is 4. The van der Waals surface area contributed by atoms with Gasteiger partial charge in [0.05, 0.1) is 0 Å². The summed E-state index contributed by atoms with van der Waals surface area (Å²) >= 11 is 0. The van der Waals surface area contributed by atoms with Gasteiger partial charge in [-0.25, -0.2) is 4.79 Å². The number of piperidine rings is 2. The molecular weight excluding hydrogens is 342 g/mol. The molecule has 0 atom stereocenters. The van der Waals surface area contributed by atoms with Crippen LogP contribution < -0.4 is 5.32 Å². The van der Waals surface area contributed by atoms with Crippen molar-refractivity contribution in [1.29, 1.82) is 0 Å². The number of amides is 2. The van der Waals surface area contributed by atoms with Gasteiger partial charge in [0.1, 0.15) is 6.61 Å². The van der Waals surface area contributed by atoms with Crippen LogP contribution in [-0.2, 0) is 16.1 Å². The summed E-state index contributed by atoms with van der Waals surface area (Å²) in [4.78, 5) is 28.5. The molecule has 2 saturated heterocycles. The molecule has 0 radical (unpaired) electrons. The molecule has 1 aromatic carbocycles. The molecule has 0 spiro atoms. The third-order valence-electron chi connectivity index (χ3n) is 5.80. The van der Waals surface area contributed by atoms with Crippen LogP contribution in [0.15, 0.2) is 30.3 Å². The number of hydrogen-bond donors (Lipinski definition) is 1. The molecule has 2 heterocycles. The van der Waals surface area contributed by atoms with Gasteiger partial charge < -0.3 is 19.9 Å². The number of nitrogens with zero attached hydrogens (tertiary/aromatic N) is 2. The van der Waals surface area contributed by atoms with Gasteiger partial charge in [0, 0.05) is 38.6 Å². The summed E-state index contributed by atoms with van der Waals surface area (Å²) in [7, 11) is 1.99. The van der Waals surface area contributed by atoms with E-state index in [-0.39, 0.29) is 12.0 Å². The van der Waals surface area contributed by atoms with Crippen molar-refractivity contribution in [2.75, 3.05) is 33.2 Å². The molecule has 148 valence electrons. The van der Waals surface area contributed by atoms with Crippen LogP contribution >= 0.6 is 0 Å². The van der Waals surface area contributed by atoms with E-state index < -0.39 is 0 Å². The van der Waals surface area contributed by atoms with Crippen molar-refractivity contribution in [2.24, 2.45) is 5.92 Å². The van der Waals surface area contributed by atoms with Gasteiger partial charge in [0.2, 0.25) is 5.91 Å². The van der Waals surface area contributed by atoms with Crippen LogP contribution in [0.4, 0.5) is 4.79 Å². The van der Waals surface area contributed by atoms with E-state index in [2.05, 4.69) is 5.32 Å². The van der Waals surface area contributed by atoms with Gasteiger partial charge in [0.15, 0.2) is 0 Å². The highest BCUT2D eigenvalue weighted by atomic mass is 16.6. The van der Waals surface area contributed by atoms with Gasteiger partial charge in [0.25, 0.3) is 0 Å². The van der Waals surface area contributed by atoms with Crippen LogP contribution in [0.3, 0.4) is 0 Å². The Kier molecular flexibility index (Phi) is 7.10. The standard InChI is InChI=1S/C21H31N3O3/c1-22-19-9-13-23(14-10-19)20(25)15-17-7-11-24(12-8-17)21(26)27-16-18-5-3-2-4-6-18/h2-6,17,19,22H,7-16H2,1H3. The SMILES string of the molecule is CNC1CCN(C(=O)CC2CCN(C(=O)OCc3ccccc3)CC2)CC1. The molecule has 3 rings (SSSR count). The first kappa shape index (κ1) is 19.7. The molecule has 1 aromatic rings. The quantitative estimate of drug-likeness (QED) is 0.862. The van der Waals surface area contributed by atoms with E-state index >= 15 is 0 Å². The second kappa shape index (κ2) is 9.74. The van der Waals surface area contributed by atoms with E-state index in [9.17, 15) is 9.59 Å². The summed E-state index contributed by atoms with van der Waals surface area (Å²) < 4.78 is 5.41. The molecule has 2 aliphatic heterocycles. The number of ether oxygens (including phenoxy) is 1. The molecule has 6 nitrogen and oxygen atoms in total. The molecule has 27 heavy (non-hydrogen) atoms. The zero-order chi connectivity index (χ0) is 19.1. The highest BCUT2D eigenvalue weighted by Gasteiger charge is 2.28. The largest absolute Gasteiger partial charge is 0.445 e. The zero-order valence-electron chi connectivity index (χ0n) is 16.2. The average Bonchev–Trinajstić information content (AvgIpc) is 2.73. The van der Waals surface area contributed by atoms with Crippen molar-refractivity contribution in [3.8, 4) is 0 Å². The first-order valence-electron chi connectivity index (χ1n) is 10.1. The number of nitrogens with one attached hydrogen (secondary N) is 1. The van der Waals surface area contributed by atoms with Crippen LogP contribution in [0.25, 0.3) is 0 Å². The summed E-state index contributed by atoms with van der Waals surface area (Å²) in [5.74, 6) is 0.646. The molecule has 6 heteroatoms. The average molecular weight is 373 g/mol. The van der Waals surface area contributed by atoms with E-state index in [0.717, 1.165) is 44.3 Å². The second-order valence-corrected chi connectivity index (χ2v) is 7.62. The molecule has 0 bridgehead atoms. The van der Waals surface area contributed by atoms with E-state index in [1.807, 2.05) is 42.3 Å². The van der Waals surface area contributed by atoms with Crippen LogP contribution in [0.1, 0.15) is 37.7 Å². The van der Waals surface area contributed by atoms with Crippen molar-refractivity contribution in [3.05, 3.63) is 35.9 Å². The summed E-state index contributed by atoms with van der Waals surface area (Å²) in [6, 6.07) is 10.3. The number of likely N-dealkylation sites (tertiary alicyclic amines) is 2. The molecule has 0 saturated carbocycles. The molecule has 2 fully saturated rings. The van der Waals surface area contributed by atoms with Crippen molar-refractivity contribution < 1.29 is 14.3 Å². The zero-order valence-corrected chi connectivity index (χ0v) is 16.2. The molecule has 0 aliphatic carbocycles. The number of benzene rings is 1. The molecule has 2 aliphatic rings. The Labute approximate surface area is 161 Å². The highest BCUT2D eigenvalue weighted by Crippen LogP contribution is 2.23. The summed E-state index contributed by atoms with van der Waals surface area (Å²) in [6.45, 7) is 3.37. The Morgan fingerprint density at radius 3 is 2.26 bits per heavy atom. The first-order valence-corrected chi connectivity index (χ1v) is 10.1. The minimum Gasteiger partial charge on any atom is -0.445 e. The Balaban J connectivity index is 1.36. The Morgan fingerprint density at radius 1 is 1.00 bits per heavy atom. The van der Waals surface area contributed by atoms with Crippen molar-refractivity contribution >= 4 is 12.0 Å². The predicted molar refractivity (Wildman–Crippen MR) is 104 cm³/mol. The van der Waals surface area contributed by atoms with Crippen LogP contribution in [0.5, 0.6) is 0 Å². The van der Waals surface area contributed by atoms with Crippen molar-refractivity contribution in [1.82, 2.24) is 15.1 Å². The summed E-state index contributed by atoms with van der Waals surface area (Å²) in [5, 5.41) is 3.29. The number of rotatable bonds is 5. The van der Waals surface area contributed by atoms with Gasteiger partial charge in [-0.3, -0.25) is 4.79 Å². The van der Waals surface area contributed by atoms with Crippen molar-refractivity contribution in [2.45, 2.75) is 44.8 Å².